The Kier molecular flexibility index (Phi) is 6.68. The molecule has 0 amide bonds. The zero-order valence-corrected chi connectivity index (χ0v) is 20.5. The Bertz CT molecular complexity index is 1430. The van der Waals surface area contributed by atoms with Crippen molar-refractivity contribution in [3.05, 3.63) is 83.9 Å². The molecule has 0 aliphatic carbocycles. The Morgan fingerprint density at radius 1 is 0.943 bits per heavy atom. The van der Waals surface area contributed by atoms with Crippen LogP contribution in [0.15, 0.2) is 71.6 Å². The van der Waals surface area contributed by atoms with E-state index in [0.29, 0.717) is 11.8 Å². The van der Waals surface area contributed by atoms with Gasteiger partial charge in [-0.2, -0.15) is 4.37 Å². The first-order valence-corrected chi connectivity index (χ1v) is 13.5. The van der Waals surface area contributed by atoms with E-state index >= 15 is 0 Å². The molecule has 3 aromatic carbocycles. The Morgan fingerprint density at radius 3 is 2.43 bits per heavy atom. The summed E-state index contributed by atoms with van der Waals surface area (Å²) in [4.78, 5) is 4.17. The van der Waals surface area contributed by atoms with Gasteiger partial charge in [0.15, 0.2) is 0 Å². The van der Waals surface area contributed by atoms with E-state index in [1.54, 1.807) is 12.1 Å². The minimum atomic E-state index is -4.15. The molecule has 35 heavy (non-hydrogen) atoms. The van der Waals surface area contributed by atoms with E-state index in [-0.39, 0.29) is 0 Å². The molecule has 1 saturated heterocycles. The Labute approximate surface area is 207 Å². The summed E-state index contributed by atoms with van der Waals surface area (Å²) in [7, 11) is -4.15. The normalized spacial score (nSPS) is 15.0. The summed E-state index contributed by atoms with van der Waals surface area (Å²) < 4.78 is 60.1. The third kappa shape index (κ3) is 5.29. The van der Waals surface area contributed by atoms with E-state index in [2.05, 4.69) is 31.0 Å². The van der Waals surface area contributed by atoms with Crippen molar-refractivity contribution in [1.82, 2.24) is 9.27 Å². The first-order chi connectivity index (χ1) is 16.9. The molecule has 4 aromatic rings. The maximum Gasteiger partial charge on any atom is 0.264 e. The zero-order valence-electron chi connectivity index (χ0n) is 18.8. The van der Waals surface area contributed by atoms with Crippen molar-refractivity contribution < 1.29 is 17.2 Å². The van der Waals surface area contributed by atoms with Gasteiger partial charge in [-0.3, -0.25) is 9.62 Å². The van der Waals surface area contributed by atoms with Crippen LogP contribution in [0.1, 0.15) is 5.56 Å². The average Bonchev–Trinajstić information content (AvgIpc) is 3.28. The molecule has 1 N–H and O–H groups in total. The molecule has 1 fully saturated rings. The predicted octanol–water partition coefficient (Wildman–Crippen LogP) is 4.74. The molecule has 1 aromatic heterocycles. The summed E-state index contributed by atoms with van der Waals surface area (Å²) in [6, 6.07) is 17.7. The topological polar surface area (TPSA) is 65.5 Å². The van der Waals surface area contributed by atoms with Crippen LogP contribution in [0.2, 0.25) is 0 Å². The third-order valence-electron chi connectivity index (χ3n) is 6.14. The standard InChI is InChI=1S/C25H24F2N4O2S2/c26-19-7-10-24(22(27)17-19)35(32,33)29-20-8-5-18(6-9-20)11-12-30-13-15-31(16-14-30)25-21-3-1-2-4-23(21)34-28-25/h1-10,17,29H,11-16H2. The fraction of sp³-hybridized carbons (Fsp3) is 0.240. The van der Waals surface area contributed by atoms with Gasteiger partial charge in [0.1, 0.15) is 22.3 Å². The van der Waals surface area contributed by atoms with Crippen molar-refractivity contribution in [2.45, 2.75) is 11.3 Å². The van der Waals surface area contributed by atoms with Crippen LogP contribution in [0.5, 0.6) is 0 Å². The number of hydrogen-bond acceptors (Lipinski definition) is 6. The number of fused-ring (bicyclic) bond motifs is 1. The van der Waals surface area contributed by atoms with Gasteiger partial charge in [-0.25, -0.2) is 17.2 Å². The lowest BCUT2D eigenvalue weighted by Gasteiger charge is -2.35. The van der Waals surface area contributed by atoms with E-state index in [1.165, 1.54) is 21.6 Å². The van der Waals surface area contributed by atoms with E-state index in [9.17, 15) is 17.2 Å². The maximum absolute atomic E-state index is 13.9. The van der Waals surface area contributed by atoms with Gasteiger partial charge in [0.05, 0.1) is 4.70 Å². The first kappa shape index (κ1) is 23.7. The van der Waals surface area contributed by atoms with E-state index in [1.807, 2.05) is 24.3 Å². The highest BCUT2D eigenvalue weighted by Gasteiger charge is 2.21. The summed E-state index contributed by atoms with van der Waals surface area (Å²) in [5.74, 6) is -0.884. The smallest absolute Gasteiger partial charge is 0.264 e. The molecular weight excluding hydrogens is 490 g/mol. The zero-order chi connectivity index (χ0) is 24.4. The maximum atomic E-state index is 13.9. The predicted molar refractivity (Wildman–Crippen MR) is 136 cm³/mol. The van der Waals surface area contributed by atoms with Gasteiger partial charge in [-0.05, 0) is 59.9 Å². The van der Waals surface area contributed by atoms with Gasteiger partial charge in [-0.1, -0.05) is 24.3 Å². The van der Waals surface area contributed by atoms with Crippen LogP contribution in [0.25, 0.3) is 10.1 Å². The SMILES string of the molecule is O=S(=O)(Nc1ccc(CCN2CCN(c3nsc4ccccc34)CC2)cc1)c1ccc(F)cc1F. The molecule has 5 rings (SSSR count). The number of anilines is 2. The van der Waals surface area contributed by atoms with Crippen LogP contribution in [0, 0.1) is 11.6 Å². The summed E-state index contributed by atoms with van der Waals surface area (Å²) in [6.07, 6.45) is 0.833. The second-order valence-electron chi connectivity index (χ2n) is 8.46. The number of benzene rings is 3. The fourth-order valence-electron chi connectivity index (χ4n) is 4.21. The fourth-order valence-corrected chi connectivity index (χ4v) is 6.13. The Balaban J connectivity index is 1.14. The summed E-state index contributed by atoms with van der Waals surface area (Å²) in [5.41, 5.74) is 1.40. The molecule has 0 saturated carbocycles. The number of rotatable bonds is 7. The Hall–Kier alpha value is -3.08. The van der Waals surface area contributed by atoms with Crippen LogP contribution in [0.4, 0.5) is 20.3 Å². The molecule has 1 aliphatic rings. The highest BCUT2D eigenvalue weighted by Crippen LogP contribution is 2.30. The number of nitrogens with zero attached hydrogens (tertiary/aromatic N) is 3. The van der Waals surface area contributed by atoms with Crippen LogP contribution >= 0.6 is 11.5 Å². The van der Waals surface area contributed by atoms with Crippen molar-refractivity contribution in [3.8, 4) is 0 Å². The van der Waals surface area contributed by atoms with Crippen molar-refractivity contribution in [1.29, 1.82) is 0 Å². The molecule has 0 radical (unpaired) electrons. The molecule has 0 bridgehead atoms. The molecule has 0 spiro atoms. The molecule has 0 unspecified atom stereocenters. The monoisotopic (exact) mass is 514 g/mol. The summed E-state index contributed by atoms with van der Waals surface area (Å²) in [5, 5.41) is 1.21. The van der Waals surface area contributed by atoms with Crippen LogP contribution in [-0.4, -0.2) is 50.4 Å². The molecule has 6 nitrogen and oxygen atoms in total. The largest absolute Gasteiger partial charge is 0.353 e. The molecule has 10 heteroatoms. The van der Waals surface area contributed by atoms with Gasteiger partial charge >= 0.3 is 0 Å². The highest BCUT2D eigenvalue weighted by molar-refractivity contribution is 7.92. The van der Waals surface area contributed by atoms with Crippen molar-refractivity contribution in [2.75, 3.05) is 42.3 Å². The lowest BCUT2D eigenvalue weighted by Crippen LogP contribution is -2.47. The first-order valence-electron chi connectivity index (χ1n) is 11.3. The second-order valence-corrected chi connectivity index (χ2v) is 10.9. The molecule has 182 valence electrons. The number of halogens is 2. The number of hydrogen-bond donors (Lipinski definition) is 1. The number of piperazine rings is 1. The minimum Gasteiger partial charge on any atom is -0.353 e. The van der Waals surface area contributed by atoms with Crippen LogP contribution in [0.3, 0.4) is 0 Å². The Morgan fingerprint density at radius 2 is 1.69 bits per heavy atom. The molecular formula is C25H24F2N4O2S2. The number of sulfonamides is 1. The molecule has 0 atom stereocenters. The van der Waals surface area contributed by atoms with Crippen LogP contribution < -0.4 is 9.62 Å². The van der Waals surface area contributed by atoms with Crippen LogP contribution in [-0.2, 0) is 16.4 Å². The van der Waals surface area contributed by atoms with Crippen molar-refractivity contribution >= 4 is 43.1 Å². The van der Waals surface area contributed by atoms with Gasteiger partial charge < -0.3 is 4.90 Å². The van der Waals surface area contributed by atoms with E-state index in [4.69, 9.17) is 0 Å². The van der Waals surface area contributed by atoms with Gasteiger partial charge in [-0.15, -0.1) is 0 Å². The van der Waals surface area contributed by atoms with Crippen molar-refractivity contribution in [3.63, 3.8) is 0 Å². The highest BCUT2D eigenvalue weighted by atomic mass is 32.2. The van der Waals surface area contributed by atoms with E-state index < -0.39 is 26.6 Å². The average molecular weight is 515 g/mol. The number of nitrogens with one attached hydrogen (secondary N) is 1. The third-order valence-corrected chi connectivity index (χ3v) is 8.37. The quantitative estimate of drug-likeness (QED) is 0.386. The number of aromatic nitrogens is 1. The van der Waals surface area contributed by atoms with Gasteiger partial charge in [0.2, 0.25) is 0 Å². The summed E-state index contributed by atoms with van der Waals surface area (Å²) >= 11 is 1.54. The summed E-state index contributed by atoms with van der Waals surface area (Å²) in [6.45, 7) is 4.65. The lowest BCUT2D eigenvalue weighted by molar-refractivity contribution is 0.261. The lowest BCUT2D eigenvalue weighted by atomic mass is 10.1. The van der Waals surface area contributed by atoms with Gasteiger partial charge in [0.25, 0.3) is 10.0 Å². The van der Waals surface area contributed by atoms with Crippen molar-refractivity contribution in [2.24, 2.45) is 0 Å². The van der Waals surface area contributed by atoms with E-state index in [0.717, 1.165) is 62.7 Å². The van der Waals surface area contributed by atoms with Gasteiger partial charge in [0, 0.05) is 49.9 Å². The second kappa shape index (κ2) is 9.88. The molecule has 1 aliphatic heterocycles. The molecule has 2 heterocycles. The minimum absolute atomic E-state index is 0.321.